The molecule has 0 saturated heterocycles. The molecule has 1 amide bonds. The number of hydrazone groups is 1. The Labute approximate surface area is 168 Å². The molecule has 0 radical (unpaired) electrons. The van der Waals surface area contributed by atoms with Gasteiger partial charge in [-0.25, -0.2) is 9.99 Å². The van der Waals surface area contributed by atoms with Gasteiger partial charge in [0.1, 0.15) is 0 Å². The van der Waals surface area contributed by atoms with Crippen LogP contribution in [0.2, 0.25) is 0 Å². The first kappa shape index (κ1) is 19.1. The maximum Gasteiger partial charge on any atom is 0.337 e. The number of carbonyl (C=O) groups is 1. The number of H-pyrrole nitrogens is 1. The van der Waals surface area contributed by atoms with Crippen LogP contribution in [0.4, 0.5) is 0 Å². The van der Waals surface area contributed by atoms with Crippen molar-refractivity contribution in [3.63, 3.8) is 0 Å². The standard InChI is InChI=1S/C18H16BrN5O2S/c1-24-17(12-6-8-14(19)9-7-12)22-23-18(24)27-11-16(26)21-20-10-13-4-2-3-5-15(13)25/h2-10H,11H2,1H3,(H2,20,21,25,26). The smallest absolute Gasteiger partial charge is 0.337 e. The molecule has 2 N–H and O–H groups in total. The predicted octanol–water partition coefficient (Wildman–Crippen LogP) is 1.98. The summed E-state index contributed by atoms with van der Waals surface area (Å²) < 4.78 is 2.89. The lowest BCUT2D eigenvalue weighted by molar-refractivity contribution is -0.698. The molecule has 3 rings (SSSR count). The average Bonchev–Trinajstić information content (AvgIpc) is 3.03. The Balaban J connectivity index is 1.56. The molecular weight excluding hydrogens is 430 g/mol. The van der Waals surface area contributed by atoms with Crippen molar-refractivity contribution in [3.8, 4) is 17.1 Å². The van der Waals surface area contributed by atoms with Crippen molar-refractivity contribution in [2.75, 3.05) is 5.75 Å². The molecule has 138 valence electrons. The van der Waals surface area contributed by atoms with Crippen molar-refractivity contribution in [2.45, 2.75) is 5.16 Å². The van der Waals surface area contributed by atoms with Gasteiger partial charge in [-0.2, -0.15) is 5.10 Å². The summed E-state index contributed by atoms with van der Waals surface area (Å²) >= 11 is 4.70. The minimum atomic E-state index is -0.284. The quantitative estimate of drug-likeness (QED) is 0.262. The van der Waals surface area contributed by atoms with Gasteiger partial charge in [-0.05, 0) is 41.6 Å². The zero-order valence-corrected chi connectivity index (χ0v) is 16.8. The van der Waals surface area contributed by atoms with E-state index in [-0.39, 0.29) is 17.4 Å². The van der Waals surface area contributed by atoms with E-state index in [9.17, 15) is 9.90 Å². The highest BCUT2D eigenvalue weighted by molar-refractivity contribution is 9.10. The molecule has 0 bridgehead atoms. The minimum Gasteiger partial charge on any atom is -0.872 e. The second-order valence-electron chi connectivity index (χ2n) is 5.54. The maximum atomic E-state index is 11.9. The number of hydrogen-bond donors (Lipinski definition) is 2. The molecule has 3 aromatic rings. The third kappa shape index (κ3) is 4.95. The molecule has 27 heavy (non-hydrogen) atoms. The first-order valence-corrected chi connectivity index (χ1v) is 9.73. The van der Waals surface area contributed by atoms with E-state index in [0.717, 1.165) is 15.9 Å². The topological polar surface area (TPSA) is 97.1 Å². The number of carbonyl (C=O) groups excluding carboxylic acids is 1. The SMILES string of the molecule is C[n+]1c(SCC(=O)N/N=C/c2ccccc2[O-])n[nH]c1-c1ccc(Br)cc1. The number of amides is 1. The predicted molar refractivity (Wildman–Crippen MR) is 105 cm³/mol. The summed E-state index contributed by atoms with van der Waals surface area (Å²) in [7, 11) is 1.88. The van der Waals surface area contributed by atoms with Crippen LogP contribution >= 0.6 is 27.7 Å². The van der Waals surface area contributed by atoms with Crippen molar-refractivity contribution < 1.29 is 14.5 Å². The number of rotatable bonds is 6. The van der Waals surface area contributed by atoms with Crippen LogP contribution < -0.4 is 15.1 Å². The summed E-state index contributed by atoms with van der Waals surface area (Å²) in [6, 6.07) is 14.3. The van der Waals surface area contributed by atoms with E-state index in [1.807, 2.05) is 35.9 Å². The normalized spacial score (nSPS) is 11.0. The molecule has 7 nitrogen and oxygen atoms in total. The first-order chi connectivity index (χ1) is 13.0. The first-order valence-electron chi connectivity index (χ1n) is 7.95. The molecule has 0 spiro atoms. The van der Waals surface area contributed by atoms with Crippen molar-refractivity contribution in [1.82, 2.24) is 15.6 Å². The van der Waals surface area contributed by atoms with Gasteiger partial charge in [-0.15, -0.1) is 5.10 Å². The monoisotopic (exact) mass is 445 g/mol. The fraction of sp³-hybridized carbons (Fsp3) is 0.111. The lowest BCUT2D eigenvalue weighted by atomic mass is 10.2. The van der Waals surface area contributed by atoms with Crippen molar-refractivity contribution in [3.05, 3.63) is 58.6 Å². The van der Waals surface area contributed by atoms with Gasteiger partial charge in [0.25, 0.3) is 11.7 Å². The number of thioether (sulfide) groups is 1. The Kier molecular flexibility index (Phi) is 6.25. The minimum absolute atomic E-state index is 0.145. The van der Waals surface area contributed by atoms with E-state index >= 15 is 0 Å². The lowest BCUT2D eigenvalue weighted by Crippen LogP contribution is -2.32. The number of aromatic amines is 1. The van der Waals surface area contributed by atoms with Gasteiger partial charge in [0.2, 0.25) is 0 Å². The lowest BCUT2D eigenvalue weighted by Gasteiger charge is -2.07. The number of hydrogen-bond acceptors (Lipinski definition) is 5. The second-order valence-corrected chi connectivity index (χ2v) is 7.40. The maximum absolute atomic E-state index is 11.9. The molecule has 2 aromatic carbocycles. The Morgan fingerprint density at radius 1 is 1.33 bits per heavy atom. The molecule has 0 saturated carbocycles. The molecule has 0 aliphatic carbocycles. The van der Waals surface area contributed by atoms with Gasteiger partial charge in [0.05, 0.1) is 29.7 Å². The van der Waals surface area contributed by atoms with Crippen LogP contribution in [0.15, 0.2) is 63.3 Å². The summed E-state index contributed by atoms with van der Waals surface area (Å²) in [4.78, 5) is 11.9. The van der Waals surface area contributed by atoms with Gasteiger partial charge < -0.3 is 5.11 Å². The molecule has 0 unspecified atom stereocenters. The van der Waals surface area contributed by atoms with Gasteiger partial charge in [0.15, 0.2) is 0 Å². The average molecular weight is 446 g/mol. The fourth-order valence-electron chi connectivity index (χ4n) is 2.26. The molecule has 9 heteroatoms. The summed E-state index contributed by atoms with van der Waals surface area (Å²) in [6.07, 6.45) is 1.34. The Morgan fingerprint density at radius 2 is 2.07 bits per heavy atom. The molecule has 0 aliphatic heterocycles. The van der Waals surface area contributed by atoms with Crippen LogP contribution in [-0.2, 0) is 11.8 Å². The van der Waals surface area contributed by atoms with E-state index in [1.165, 1.54) is 24.0 Å². The van der Waals surface area contributed by atoms with Gasteiger partial charge in [0, 0.05) is 4.47 Å². The summed E-state index contributed by atoms with van der Waals surface area (Å²) in [5.41, 5.74) is 3.82. The number of benzene rings is 2. The highest BCUT2D eigenvalue weighted by Crippen LogP contribution is 2.19. The van der Waals surface area contributed by atoms with Gasteiger partial charge in [-0.1, -0.05) is 45.9 Å². The zero-order valence-electron chi connectivity index (χ0n) is 14.3. The summed E-state index contributed by atoms with van der Waals surface area (Å²) in [5, 5.41) is 23.3. The zero-order chi connectivity index (χ0) is 19.2. The Bertz CT molecular complexity index is 972. The third-order valence-corrected chi connectivity index (χ3v) is 5.20. The van der Waals surface area contributed by atoms with Crippen LogP contribution in [-0.4, -0.2) is 28.1 Å². The van der Waals surface area contributed by atoms with Crippen molar-refractivity contribution in [1.29, 1.82) is 0 Å². The number of nitrogens with one attached hydrogen (secondary N) is 2. The van der Waals surface area contributed by atoms with Crippen LogP contribution in [0.3, 0.4) is 0 Å². The van der Waals surface area contributed by atoms with E-state index in [4.69, 9.17) is 0 Å². The number of aromatic nitrogens is 3. The van der Waals surface area contributed by atoms with Crippen LogP contribution in [0.5, 0.6) is 5.75 Å². The Hall–Kier alpha value is -2.65. The van der Waals surface area contributed by atoms with E-state index in [0.29, 0.717) is 10.7 Å². The van der Waals surface area contributed by atoms with E-state index in [1.54, 1.807) is 18.2 Å². The highest BCUT2D eigenvalue weighted by Gasteiger charge is 2.19. The number of halogens is 1. The van der Waals surface area contributed by atoms with Crippen molar-refractivity contribution >= 4 is 39.8 Å². The largest absolute Gasteiger partial charge is 0.872 e. The highest BCUT2D eigenvalue weighted by atomic mass is 79.9. The van der Waals surface area contributed by atoms with E-state index < -0.39 is 0 Å². The Morgan fingerprint density at radius 3 is 2.81 bits per heavy atom. The molecular formula is C18H16BrN5O2S. The van der Waals surface area contributed by atoms with Crippen LogP contribution in [0.1, 0.15) is 5.56 Å². The van der Waals surface area contributed by atoms with Crippen LogP contribution in [0.25, 0.3) is 11.4 Å². The van der Waals surface area contributed by atoms with Gasteiger partial charge in [-0.3, -0.25) is 4.79 Å². The fourth-order valence-corrected chi connectivity index (χ4v) is 3.25. The molecule has 0 fully saturated rings. The van der Waals surface area contributed by atoms with Crippen molar-refractivity contribution in [2.24, 2.45) is 12.1 Å². The summed E-state index contributed by atoms with van der Waals surface area (Å²) in [5.74, 6) is 0.562. The van der Waals surface area contributed by atoms with Gasteiger partial charge >= 0.3 is 5.16 Å². The second kappa shape index (κ2) is 8.83. The third-order valence-electron chi connectivity index (χ3n) is 3.64. The van der Waals surface area contributed by atoms with E-state index in [2.05, 4.69) is 36.7 Å². The molecule has 1 aromatic heterocycles. The summed E-state index contributed by atoms with van der Waals surface area (Å²) in [6.45, 7) is 0. The number of nitrogens with zero attached hydrogens (tertiary/aromatic N) is 3. The van der Waals surface area contributed by atoms with Crippen LogP contribution in [0, 0.1) is 0 Å². The molecule has 1 heterocycles. The molecule has 0 aliphatic rings. The molecule has 0 atom stereocenters. The number of para-hydroxylation sites is 1.